The second-order valence-electron chi connectivity index (χ2n) is 4.86. The molecule has 3 aromatic rings. The molecule has 0 aliphatic heterocycles. The fourth-order valence-corrected chi connectivity index (χ4v) is 2.08. The highest BCUT2D eigenvalue weighted by Crippen LogP contribution is 2.23. The second kappa shape index (κ2) is 8.11. The van der Waals surface area contributed by atoms with Crippen molar-refractivity contribution in [1.82, 2.24) is 20.6 Å². The highest BCUT2D eigenvalue weighted by molar-refractivity contribution is 6.32. The Morgan fingerprint density at radius 2 is 2.00 bits per heavy atom. The number of nitrogens with one attached hydrogen (secondary N) is 2. The van der Waals surface area contributed by atoms with E-state index in [1.165, 1.54) is 0 Å². The minimum Gasteiger partial charge on any atom is -0.491 e. The Kier molecular flexibility index (Phi) is 5.43. The van der Waals surface area contributed by atoms with Gasteiger partial charge in [-0.3, -0.25) is 15.2 Å². The Morgan fingerprint density at radius 1 is 1.20 bits per heavy atom. The van der Waals surface area contributed by atoms with Crippen molar-refractivity contribution < 1.29 is 14.1 Å². The van der Waals surface area contributed by atoms with Crippen LogP contribution in [0.15, 0.2) is 53.3 Å². The van der Waals surface area contributed by atoms with E-state index in [2.05, 4.69) is 26.0 Å². The molecule has 2 heterocycles. The maximum absolute atomic E-state index is 11.8. The summed E-state index contributed by atoms with van der Waals surface area (Å²) in [6, 6.07) is 10.6. The lowest BCUT2D eigenvalue weighted by atomic mass is 10.3. The number of hydrazine groups is 1. The number of hydrogen-bond acceptors (Lipinski definition) is 7. The molecule has 0 spiro atoms. The highest BCUT2D eigenvalue weighted by atomic mass is 35.5. The lowest BCUT2D eigenvalue weighted by Crippen LogP contribution is -2.30. The van der Waals surface area contributed by atoms with E-state index in [1.54, 1.807) is 48.8 Å². The van der Waals surface area contributed by atoms with E-state index in [9.17, 15) is 4.79 Å². The Morgan fingerprint density at radius 3 is 2.80 bits per heavy atom. The minimum atomic E-state index is -0.296. The summed E-state index contributed by atoms with van der Waals surface area (Å²) in [7, 11) is 0. The first-order valence-electron chi connectivity index (χ1n) is 7.38. The van der Waals surface area contributed by atoms with E-state index in [1.807, 2.05) is 0 Å². The second-order valence-corrected chi connectivity index (χ2v) is 5.27. The third-order valence-electron chi connectivity index (χ3n) is 3.10. The van der Waals surface area contributed by atoms with Gasteiger partial charge in [0.25, 0.3) is 0 Å². The number of carbonyl (C=O) groups is 1. The minimum absolute atomic E-state index is 0.0761. The third-order valence-corrected chi connectivity index (χ3v) is 3.41. The van der Waals surface area contributed by atoms with Gasteiger partial charge in [0.05, 0.1) is 18.1 Å². The summed E-state index contributed by atoms with van der Waals surface area (Å²) in [6.45, 7) is 0.184. The van der Waals surface area contributed by atoms with Gasteiger partial charge in [-0.15, -0.1) is 0 Å². The van der Waals surface area contributed by atoms with Crippen molar-refractivity contribution in [2.24, 2.45) is 0 Å². The summed E-state index contributed by atoms with van der Waals surface area (Å²) in [5.74, 6) is 0.626. The van der Waals surface area contributed by atoms with Crippen LogP contribution >= 0.6 is 11.6 Å². The zero-order valence-electron chi connectivity index (χ0n) is 13.0. The predicted octanol–water partition coefficient (Wildman–Crippen LogP) is 2.70. The number of rotatable bonds is 7. The molecule has 0 fully saturated rings. The molecule has 0 atom stereocenters. The molecule has 8 nitrogen and oxygen atoms in total. The molecule has 3 rings (SSSR count). The van der Waals surface area contributed by atoms with Crippen LogP contribution < -0.4 is 15.6 Å². The Hall–Kier alpha value is -3.13. The monoisotopic (exact) mass is 359 g/mol. The zero-order valence-corrected chi connectivity index (χ0v) is 13.7. The van der Waals surface area contributed by atoms with Gasteiger partial charge >= 0.3 is 6.01 Å². The van der Waals surface area contributed by atoms with Crippen LogP contribution in [0.5, 0.6) is 5.75 Å². The molecule has 0 radical (unpaired) electrons. The first-order chi connectivity index (χ1) is 12.2. The van der Waals surface area contributed by atoms with E-state index in [0.717, 1.165) is 5.56 Å². The molecule has 0 unspecified atom stereocenters. The van der Waals surface area contributed by atoms with Crippen molar-refractivity contribution in [3.05, 3.63) is 53.8 Å². The number of halogens is 1. The van der Waals surface area contributed by atoms with Crippen molar-refractivity contribution in [3.63, 3.8) is 0 Å². The molecule has 128 valence electrons. The van der Waals surface area contributed by atoms with Crippen LogP contribution in [0.25, 0.3) is 11.4 Å². The van der Waals surface area contributed by atoms with E-state index >= 15 is 0 Å². The maximum atomic E-state index is 11.8. The van der Waals surface area contributed by atoms with Crippen molar-refractivity contribution in [3.8, 4) is 17.1 Å². The number of ether oxygens (including phenoxy) is 1. The first kappa shape index (κ1) is 16.7. The van der Waals surface area contributed by atoms with Gasteiger partial charge in [-0.05, 0) is 24.3 Å². The number of aromatic nitrogens is 3. The van der Waals surface area contributed by atoms with Crippen LogP contribution in [0.2, 0.25) is 5.02 Å². The molecule has 25 heavy (non-hydrogen) atoms. The smallest absolute Gasteiger partial charge is 0.340 e. The molecule has 0 saturated carbocycles. The Balaban J connectivity index is 1.44. The van der Waals surface area contributed by atoms with E-state index in [0.29, 0.717) is 16.6 Å². The van der Waals surface area contributed by atoms with Crippen LogP contribution in [0.3, 0.4) is 0 Å². The van der Waals surface area contributed by atoms with Gasteiger partial charge in [0, 0.05) is 18.0 Å². The number of anilines is 1. The first-order valence-corrected chi connectivity index (χ1v) is 7.76. The lowest BCUT2D eigenvalue weighted by Gasteiger charge is -2.08. The molecule has 1 aromatic carbocycles. The molecule has 2 N–H and O–H groups in total. The molecule has 0 aliphatic carbocycles. The fraction of sp³-hybridized carbons (Fsp3) is 0.125. The van der Waals surface area contributed by atoms with Crippen molar-refractivity contribution >= 4 is 23.5 Å². The van der Waals surface area contributed by atoms with Gasteiger partial charge in [-0.1, -0.05) is 28.9 Å². The van der Waals surface area contributed by atoms with Crippen molar-refractivity contribution in [1.29, 1.82) is 0 Å². The quantitative estimate of drug-likeness (QED) is 0.625. The van der Waals surface area contributed by atoms with Crippen LogP contribution in [-0.4, -0.2) is 27.6 Å². The predicted molar refractivity (Wildman–Crippen MR) is 90.9 cm³/mol. The molecule has 1 amide bonds. The summed E-state index contributed by atoms with van der Waals surface area (Å²) < 4.78 is 10.4. The molecule has 0 aliphatic rings. The molecule has 2 aromatic heterocycles. The van der Waals surface area contributed by atoms with Gasteiger partial charge in [0.2, 0.25) is 11.7 Å². The lowest BCUT2D eigenvalue weighted by molar-refractivity contribution is -0.121. The average Bonchev–Trinajstić information content (AvgIpc) is 3.11. The van der Waals surface area contributed by atoms with Crippen molar-refractivity contribution in [2.45, 2.75) is 6.42 Å². The largest absolute Gasteiger partial charge is 0.491 e. The molecule has 9 heteroatoms. The maximum Gasteiger partial charge on any atom is 0.340 e. The number of amides is 1. The van der Waals surface area contributed by atoms with Crippen LogP contribution in [-0.2, 0) is 4.79 Å². The van der Waals surface area contributed by atoms with Crippen molar-refractivity contribution in [2.75, 3.05) is 12.0 Å². The number of carbonyl (C=O) groups excluding carboxylic acids is 1. The standard InChI is InChI=1S/C16H14ClN5O3/c17-12-3-1-2-4-13(12)24-10-7-14(23)20-21-16-19-15(22-25-16)11-5-8-18-9-6-11/h1-6,8-9H,7,10H2,(H,20,23)(H,19,21,22). The average molecular weight is 360 g/mol. The molecular formula is C16H14ClN5O3. The van der Waals surface area contributed by atoms with Gasteiger partial charge < -0.3 is 9.26 Å². The van der Waals surface area contributed by atoms with E-state index in [4.69, 9.17) is 20.9 Å². The summed E-state index contributed by atoms with van der Waals surface area (Å²) in [6.07, 6.45) is 3.38. The normalized spacial score (nSPS) is 10.3. The summed E-state index contributed by atoms with van der Waals surface area (Å²) in [5, 5.41) is 4.30. The summed E-state index contributed by atoms with van der Waals surface area (Å²) in [4.78, 5) is 19.8. The third kappa shape index (κ3) is 4.67. The van der Waals surface area contributed by atoms with Crippen LogP contribution in [0.1, 0.15) is 6.42 Å². The van der Waals surface area contributed by atoms with Gasteiger partial charge in [-0.25, -0.2) is 5.43 Å². The Labute approximate surface area is 148 Å². The topological polar surface area (TPSA) is 102 Å². The molecule has 0 bridgehead atoms. The molecular weight excluding hydrogens is 346 g/mol. The van der Waals surface area contributed by atoms with Crippen LogP contribution in [0, 0.1) is 0 Å². The number of benzene rings is 1. The Bertz CT molecular complexity index is 841. The number of nitrogens with zero attached hydrogens (tertiary/aromatic N) is 3. The zero-order chi connectivity index (χ0) is 17.5. The van der Waals surface area contributed by atoms with Crippen LogP contribution in [0.4, 0.5) is 6.01 Å². The van der Waals surface area contributed by atoms with Gasteiger partial charge in [-0.2, -0.15) is 4.98 Å². The fourth-order valence-electron chi connectivity index (χ4n) is 1.89. The number of hydrogen-bond donors (Lipinski definition) is 2. The van der Waals surface area contributed by atoms with Gasteiger partial charge in [0.1, 0.15) is 5.75 Å². The summed E-state index contributed by atoms with van der Waals surface area (Å²) in [5.41, 5.74) is 5.77. The van der Waals surface area contributed by atoms with Gasteiger partial charge in [0.15, 0.2) is 0 Å². The molecule has 0 saturated heterocycles. The number of para-hydroxylation sites is 1. The van der Waals surface area contributed by atoms with E-state index in [-0.39, 0.29) is 24.9 Å². The SMILES string of the molecule is O=C(CCOc1ccccc1Cl)NNc1nc(-c2ccncc2)no1. The highest BCUT2D eigenvalue weighted by Gasteiger charge is 2.09. The number of pyridine rings is 1. The van der Waals surface area contributed by atoms with E-state index < -0.39 is 0 Å². The summed E-state index contributed by atoms with van der Waals surface area (Å²) >= 11 is 5.96.